The van der Waals surface area contributed by atoms with Crippen LogP contribution in [0.5, 0.6) is 0 Å². The summed E-state index contributed by atoms with van der Waals surface area (Å²) in [6, 6.07) is 7.33. The standard InChI is InChI=1S/C22H23FN4/c1-3-17-20-19-15(16-12-14(23)4-5-18(16)27(17)2)8-11-25-22(19)26-21(20)13-6-9-24-10-7-13/h4-6,8,11-12,17,24H,3,7,9-10H2,1-2H3,(H,25,26). The number of benzene rings is 1. The van der Waals surface area contributed by atoms with E-state index in [0.29, 0.717) is 0 Å². The zero-order chi connectivity index (χ0) is 18.5. The average molecular weight is 362 g/mol. The minimum Gasteiger partial charge on any atom is -0.367 e. The van der Waals surface area contributed by atoms with Crippen LogP contribution >= 0.6 is 0 Å². The maximum Gasteiger partial charge on any atom is 0.138 e. The summed E-state index contributed by atoms with van der Waals surface area (Å²) in [6.45, 7) is 4.09. The largest absolute Gasteiger partial charge is 0.367 e. The van der Waals surface area contributed by atoms with E-state index in [2.05, 4.69) is 40.2 Å². The van der Waals surface area contributed by atoms with Crippen molar-refractivity contribution in [3.63, 3.8) is 0 Å². The Morgan fingerprint density at radius 3 is 2.93 bits per heavy atom. The first-order valence-electron chi connectivity index (χ1n) is 9.62. The lowest BCUT2D eigenvalue weighted by Gasteiger charge is -2.30. The number of hydrogen-bond donors (Lipinski definition) is 2. The van der Waals surface area contributed by atoms with Gasteiger partial charge in [-0.25, -0.2) is 9.37 Å². The zero-order valence-corrected chi connectivity index (χ0v) is 15.6. The molecule has 2 N–H and O–H groups in total. The van der Waals surface area contributed by atoms with Gasteiger partial charge in [0.2, 0.25) is 0 Å². The van der Waals surface area contributed by atoms with Crippen molar-refractivity contribution in [3.8, 4) is 11.1 Å². The molecule has 0 spiro atoms. The van der Waals surface area contributed by atoms with Crippen molar-refractivity contribution in [2.45, 2.75) is 25.8 Å². The van der Waals surface area contributed by atoms with E-state index in [1.807, 2.05) is 18.3 Å². The molecule has 1 aromatic carbocycles. The Bertz CT molecular complexity index is 1070. The second-order valence-electron chi connectivity index (χ2n) is 7.38. The van der Waals surface area contributed by atoms with Gasteiger partial charge in [0.05, 0.1) is 6.04 Å². The van der Waals surface area contributed by atoms with E-state index in [-0.39, 0.29) is 11.9 Å². The van der Waals surface area contributed by atoms with Crippen LogP contribution in [0.15, 0.2) is 36.5 Å². The third-order valence-corrected chi connectivity index (χ3v) is 5.93. The van der Waals surface area contributed by atoms with Crippen molar-refractivity contribution < 1.29 is 4.39 Å². The molecule has 0 aliphatic carbocycles. The summed E-state index contributed by atoms with van der Waals surface area (Å²) < 4.78 is 14.1. The summed E-state index contributed by atoms with van der Waals surface area (Å²) in [4.78, 5) is 10.5. The summed E-state index contributed by atoms with van der Waals surface area (Å²) in [5, 5.41) is 4.52. The number of pyridine rings is 1. The maximum atomic E-state index is 14.1. The van der Waals surface area contributed by atoms with Crippen molar-refractivity contribution >= 4 is 22.3 Å². The summed E-state index contributed by atoms with van der Waals surface area (Å²) >= 11 is 0. The van der Waals surface area contributed by atoms with Crippen LogP contribution in [0.2, 0.25) is 0 Å². The fraction of sp³-hybridized carbons (Fsp3) is 0.318. The van der Waals surface area contributed by atoms with E-state index in [1.54, 1.807) is 12.1 Å². The maximum absolute atomic E-state index is 14.1. The number of nitrogens with one attached hydrogen (secondary N) is 2. The molecular weight excluding hydrogens is 339 g/mol. The van der Waals surface area contributed by atoms with Gasteiger partial charge in [0.1, 0.15) is 11.5 Å². The molecule has 2 aliphatic heterocycles. The van der Waals surface area contributed by atoms with Crippen LogP contribution in [-0.4, -0.2) is 30.1 Å². The van der Waals surface area contributed by atoms with Gasteiger partial charge in [-0.3, -0.25) is 0 Å². The number of rotatable bonds is 2. The van der Waals surface area contributed by atoms with Gasteiger partial charge >= 0.3 is 0 Å². The fourth-order valence-electron chi connectivity index (χ4n) is 4.67. The molecule has 0 radical (unpaired) electrons. The van der Waals surface area contributed by atoms with Crippen LogP contribution in [0.4, 0.5) is 10.1 Å². The van der Waals surface area contributed by atoms with Crippen LogP contribution in [-0.2, 0) is 0 Å². The Balaban J connectivity index is 1.88. The SMILES string of the molecule is CCC1c2c(C3=CCNCC3)[nH]c3nccc(c23)-c2cc(F)ccc2N1C. The van der Waals surface area contributed by atoms with E-state index >= 15 is 0 Å². The molecule has 2 aliphatic rings. The van der Waals surface area contributed by atoms with Crippen molar-refractivity contribution in [2.75, 3.05) is 25.0 Å². The molecule has 0 saturated carbocycles. The molecule has 5 rings (SSSR count). The molecule has 0 saturated heterocycles. The highest BCUT2D eigenvalue weighted by atomic mass is 19.1. The van der Waals surface area contributed by atoms with Gasteiger partial charge in [0.25, 0.3) is 0 Å². The molecule has 5 heteroatoms. The van der Waals surface area contributed by atoms with Gasteiger partial charge in [0.15, 0.2) is 0 Å². The monoisotopic (exact) mass is 362 g/mol. The minimum atomic E-state index is -0.208. The third-order valence-electron chi connectivity index (χ3n) is 5.93. The van der Waals surface area contributed by atoms with E-state index < -0.39 is 0 Å². The number of halogens is 1. The highest BCUT2D eigenvalue weighted by Gasteiger charge is 2.31. The first-order chi connectivity index (χ1) is 13.2. The van der Waals surface area contributed by atoms with Crippen LogP contribution in [0.1, 0.15) is 37.1 Å². The molecule has 138 valence electrons. The molecule has 2 aromatic heterocycles. The van der Waals surface area contributed by atoms with Crippen molar-refractivity contribution in [2.24, 2.45) is 0 Å². The Hall–Kier alpha value is -2.66. The average Bonchev–Trinajstić information content (AvgIpc) is 3.04. The predicted molar refractivity (Wildman–Crippen MR) is 108 cm³/mol. The van der Waals surface area contributed by atoms with E-state index in [1.165, 1.54) is 16.8 Å². The Labute approximate surface area is 158 Å². The Morgan fingerprint density at radius 1 is 1.26 bits per heavy atom. The predicted octanol–water partition coefficient (Wildman–Crippen LogP) is 4.65. The van der Waals surface area contributed by atoms with Gasteiger partial charge < -0.3 is 15.2 Å². The minimum absolute atomic E-state index is 0.208. The number of fused-ring (bicyclic) bond motifs is 2. The molecule has 4 heterocycles. The second kappa shape index (κ2) is 6.20. The quantitative estimate of drug-likeness (QED) is 0.698. The van der Waals surface area contributed by atoms with Gasteiger partial charge in [-0.05, 0) is 54.8 Å². The van der Waals surface area contributed by atoms with Crippen LogP contribution < -0.4 is 10.2 Å². The summed E-state index contributed by atoms with van der Waals surface area (Å²) in [6.07, 6.45) is 6.05. The van der Waals surface area contributed by atoms with Crippen LogP contribution in [0.25, 0.3) is 27.7 Å². The lowest BCUT2D eigenvalue weighted by atomic mass is 9.93. The molecule has 1 unspecified atom stereocenters. The molecule has 0 fully saturated rings. The van der Waals surface area contributed by atoms with E-state index in [4.69, 9.17) is 0 Å². The van der Waals surface area contributed by atoms with Crippen LogP contribution in [0, 0.1) is 5.82 Å². The number of anilines is 1. The van der Waals surface area contributed by atoms with Gasteiger partial charge in [-0.2, -0.15) is 0 Å². The van der Waals surface area contributed by atoms with Gasteiger partial charge in [0, 0.05) is 47.7 Å². The van der Waals surface area contributed by atoms with E-state index in [0.717, 1.165) is 53.8 Å². The Kier molecular flexibility index (Phi) is 3.79. The lowest BCUT2D eigenvalue weighted by Crippen LogP contribution is -2.25. The number of aromatic amines is 1. The highest BCUT2D eigenvalue weighted by molar-refractivity contribution is 6.03. The van der Waals surface area contributed by atoms with Crippen LogP contribution in [0.3, 0.4) is 0 Å². The fourth-order valence-corrected chi connectivity index (χ4v) is 4.67. The van der Waals surface area contributed by atoms with Gasteiger partial charge in [-0.1, -0.05) is 13.0 Å². The summed E-state index contributed by atoms with van der Waals surface area (Å²) in [7, 11) is 2.11. The number of aromatic nitrogens is 2. The number of H-pyrrole nitrogens is 1. The molecular formula is C22H23FN4. The number of hydrogen-bond acceptors (Lipinski definition) is 3. The molecule has 1 atom stereocenters. The first-order valence-corrected chi connectivity index (χ1v) is 9.62. The lowest BCUT2D eigenvalue weighted by molar-refractivity contribution is 0.625. The molecule has 0 bridgehead atoms. The van der Waals surface area contributed by atoms with E-state index in [9.17, 15) is 4.39 Å². The van der Waals surface area contributed by atoms with Gasteiger partial charge in [-0.15, -0.1) is 0 Å². The summed E-state index contributed by atoms with van der Waals surface area (Å²) in [5.74, 6) is -0.208. The summed E-state index contributed by atoms with van der Waals surface area (Å²) in [5.41, 5.74) is 7.78. The first kappa shape index (κ1) is 16.5. The zero-order valence-electron chi connectivity index (χ0n) is 15.6. The smallest absolute Gasteiger partial charge is 0.138 e. The van der Waals surface area contributed by atoms with Crippen molar-refractivity contribution in [3.05, 3.63) is 53.6 Å². The topological polar surface area (TPSA) is 44.0 Å². The molecule has 4 nitrogen and oxygen atoms in total. The second-order valence-corrected chi connectivity index (χ2v) is 7.38. The van der Waals surface area contributed by atoms with Crippen molar-refractivity contribution in [1.29, 1.82) is 0 Å². The molecule has 3 aromatic rings. The highest BCUT2D eigenvalue weighted by Crippen LogP contribution is 2.48. The normalized spacial score (nSPS) is 19.0. The Morgan fingerprint density at radius 2 is 2.15 bits per heavy atom. The third kappa shape index (κ3) is 2.42. The van der Waals surface area contributed by atoms with Crippen molar-refractivity contribution in [1.82, 2.24) is 15.3 Å². The molecule has 0 amide bonds. The number of nitrogens with zero attached hydrogens (tertiary/aromatic N) is 2. The molecule has 27 heavy (non-hydrogen) atoms.